The maximum Gasteiger partial charge on any atom is 0.340 e. The van der Waals surface area contributed by atoms with Crippen molar-refractivity contribution in [3.8, 4) is 0 Å². The van der Waals surface area contributed by atoms with Crippen molar-refractivity contribution in [1.82, 2.24) is 0 Å². The Bertz CT molecular complexity index is 483. The third kappa shape index (κ3) is 3.39. The molecule has 1 aliphatic rings. The van der Waals surface area contributed by atoms with Gasteiger partial charge in [0.1, 0.15) is 0 Å². The lowest BCUT2D eigenvalue weighted by Crippen LogP contribution is -2.40. The van der Waals surface area contributed by atoms with Crippen molar-refractivity contribution < 1.29 is 9.53 Å². The highest BCUT2D eigenvalue weighted by atomic mass is 32.2. The first-order valence-electron chi connectivity index (χ1n) is 6.98. The van der Waals surface area contributed by atoms with Crippen LogP contribution in [-0.2, 0) is 4.74 Å². The molecule has 0 bridgehead atoms. The predicted octanol–water partition coefficient (Wildman–Crippen LogP) is 2.78. The monoisotopic (exact) mass is 294 g/mol. The zero-order valence-corrected chi connectivity index (χ0v) is 13.1. The van der Waals surface area contributed by atoms with E-state index >= 15 is 0 Å². The number of hydrogen-bond donors (Lipinski definition) is 1. The fraction of sp³-hybridized carbons (Fsp3) is 0.533. The lowest BCUT2D eigenvalue weighted by molar-refractivity contribution is 0.0527. The number of anilines is 2. The highest BCUT2D eigenvalue weighted by Crippen LogP contribution is 2.30. The van der Waals surface area contributed by atoms with Gasteiger partial charge in [0, 0.05) is 35.0 Å². The van der Waals surface area contributed by atoms with E-state index in [1.807, 2.05) is 23.9 Å². The summed E-state index contributed by atoms with van der Waals surface area (Å²) in [4.78, 5) is 14.2. The molecule has 20 heavy (non-hydrogen) atoms. The molecule has 5 heteroatoms. The van der Waals surface area contributed by atoms with E-state index in [0.29, 0.717) is 28.4 Å². The number of ether oxygens (including phenoxy) is 1. The Balaban J connectivity index is 2.24. The second kappa shape index (κ2) is 6.39. The molecule has 0 amide bonds. The molecule has 0 aromatic heterocycles. The van der Waals surface area contributed by atoms with Gasteiger partial charge in [-0.15, -0.1) is 0 Å². The summed E-state index contributed by atoms with van der Waals surface area (Å²) in [6.45, 7) is 8.59. The van der Waals surface area contributed by atoms with E-state index in [0.717, 1.165) is 18.8 Å². The summed E-state index contributed by atoms with van der Waals surface area (Å²) in [6, 6.07) is 5.62. The molecule has 1 aliphatic heterocycles. The molecule has 1 aromatic carbocycles. The van der Waals surface area contributed by atoms with E-state index in [4.69, 9.17) is 10.5 Å². The van der Waals surface area contributed by atoms with Gasteiger partial charge < -0.3 is 15.4 Å². The molecule has 1 fully saturated rings. The van der Waals surface area contributed by atoms with E-state index in [9.17, 15) is 4.79 Å². The van der Waals surface area contributed by atoms with Crippen LogP contribution >= 0.6 is 11.8 Å². The van der Waals surface area contributed by atoms with Gasteiger partial charge in [0.05, 0.1) is 12.2 Å². The zero-order valence-electron chi connectivity index (χ0n) is 12.3. The molecule has 0 radical (unpaired) electrons. The van der Waals surface area contributed by atoms with Crippen LogP contribution in [0.5, 0.6) is 0 Å². The van der Waals surface area contributed by atoms with E-state index in [1.165, 1.54) is 0 Å². The van der Waals surface area contributed by atoms with Crippen molar-refractivity contribution in [2.24, 2.45) is 0 Å². The molecule has 2 rings (SSSR count). The number of rotatable bonds is 3. The Morgan fingerprint density at radius 1 is 1.40 bits per heavy atom. The molecular weight excluding hydrogens is 272 g/mol. The van der Waals surface area contributed by atoms with Gasteiger partial charge in [-0.25, -0.2) is 4.79 Å². The molecule has 0 saturated carbocycles. The van der Waals surface area contributed by atoms with Crippen LogP contribution in [0.25, 0.3) is 0 Å². The normalized spacial score (nSPS) is 22.6. The first-order valence-corrected chi connectivity index (χ1v) is 7.92. The summed E-state index contributed by atoms with van der Waals surface area (Å²) in [6.07, 6.45) is 0. The molecule has 1 saturated heterocycles. The van der Waals surface area contributed by atoms with Crippen molar-refractivity contribution >= 4 is 29.1 Å². The molecule has 2 N–H and O–H groups in total. The number of nitrogens with two attached hydrogens (primary N) is 1. The minimum atomic E-state index is -0.348. The topological polar surface area (TPSA) is 55.6 Å². The van der Waals surface area contributed by atoms with Gasteiger partial charge in [-0.05, 0) is 25.1 Å². The van der Waals surface area contributed by atoms with E-state index < -0.39 is 0 Å². The van der Waals surface area contributed by atoms with Gasteiger partial charge in [-0.3, -0.25) is 0 Å². The number of carbonyl (C=O) groups excluding carboxylic acids is 1. The molecule has 1 heterocycles. The summed E-state index contributed by atoms with van der Waals surface area (Å²) in [5.74, 6) is -0.348. The van der Waals surface area contributed by atoms with Gasteiger partial charge in [0.2, 0.25) is 0 Å². The average Bonchev–Trinajstić information content (AvgIpc) is 2.38. The van der Waals surface area contributed by atoms with Crippen LogP contribution in [0.2, 0.25) is 0 Å². The SMILES string of the molecule is CCOC(=O)c1cc(N2CC(C)SC(C)C2)ccc1N. The number of carbonyl (C=O) groups is 1. The van der Waals surface area contributed by atoms with Crippen LogP contribution in [0.15, 0.2) is 18.2 Å². The van der Waals surface area contributed by atoms with Crippen LogP contribution in [0.3, 0.4) is 0 Å². The minimum Gasteiger partial charge on any atom is -0.462 e. The minimum absolute atomic E-state index is 0.348. The first-order chi connectivity index (χ1) is 9.51. The van der Waals surface area contributed by atoms with Gasteiger partial charge >= 0.3 is 5.97 Å². The maximum atomic E-state index is 11.9. The predicted molar refractivity (Wildman–Crippen MR) is 85.5 cm³/mol. The molecule has 0 aliphatic carbocycles. The molecular formula is C15H22N2O2S. The fourth-order valence-electron chi connectivity index (χ4n) is 2.52. The Labute approximate surface area is 124 Å². The average molecular weight is 294 g/mol. The summed E-state index contributed by atoms with van der Waals surface area (Å²) < 4.78 is 5.05. The number of nitrogens with zero attached hydrogens (tertiary/aromatic N) is 1. The summed E-state index contributed by atoms with van der Waals surface area (Å²) in [5.41, 5.74) is 7.86. The van der Waals surface area contributed by atoms with Crippen molar-refractivity contribution in [1.29, 1.82) is 0 Å². The molecule has 0 spiro atoms. The zero-order chi connectivity index (χ0) is 14.7. The van der Waals surface area contributed by atoms with Crippen molar-refractivity contribution in [2.75, 3.05) is 30.3 Å². The van der Waals surface area contributed by atoms with Gasteiger partial charge in [0.15, 0.2) is 0 Å². The van der Waals surface area contributed by atoms with E-state index in [1.54, 1.807) is 13.0 Å². The van der Waals surface area contributed by atoms with Gasteiger partial charge in [0.25, 0.3) is 0 Å². The van der Waals surface area contributed by atoms with E-state index in [2.05, 4.69) is 18.7 Å². The van der Waals surface area contributed by atoms with Crippen LogP contribution < -0.4 is 10.6 Å². The van der Waals surface area contributed by atoms with Gasteiger partial charge in [-0.1, -0.05) is 13.8 Å². The molecule has 2 atom stereocenters. The molecule has 1 aromatic rings. The summed E-state index contributed by atoms with van der Waals surface area (Å²) in [7, 11) is 0. The smallest absolute Gasteiger partial charge is 0.340 e. The molecule has 110 valence electrons. The number of esters is 1. The van der Waals surface area contributed by atoms with Crippen LogP contribution in [-0.4, -0.2) is 36.2 Å². The maximum absolute atomic E-state index is 11.9. The van der Waals surface area contributed by atoms with Gasteiger partial charge in [-0.2, -0.15) is 11.8 Å². The second-order valence-electron chi connectivity index (χ2n) is 5.15. The molecule has 2 unspecified atom stereocenters. The van der Waals surface area contributed by atoms with Crippen LogP contribution in [0.1, 0.15) is 31.1 Å². The summed E-state index contributed by atoms with van der Waals surface area (Å²) >= 11 is 2.00. The van der Waals surface area contributed by atoms with Crippen molar-refractivity contribution in [3.63, 3.8) is 0 Å². The van der Waals surface area contributed by atoms with E-state index in [-0.39, 0.29) is 5.97 Å². The summed E-state index contributed by atoms with van der Waals surface area (Å²) in [5, 5.41) is 1.17. The van der Waals surface area contributed by atoms with Crippen LogP contribution in [0.4, 0.5) is 11.4 Å². The Kier molecular flexibility index (Phi) is 4.81. The molecule has 4 nitrogen and oxygen atoms in total. The lowest BCUT2D eigenvalue weighted by atomic mass is 10.1. The third-order valence-electron chi connectivity index (χ3n) is 3.32. The standard InChI is InChI=1S/C15H22N2O2S/c1-4-19-15(18)13-7-12(5-6-14(13)16)17-8-10(2)20-11(3)9-17/h5-7,10-11H,4,8-9,16H2,1-3H3. The number of thioether (sulfide) groups is 1. The number of nitrogen functional groups attached to an aromatic ring is 1. The highest BCUT2D eigenvalue weighted by Gasteiger charge is 2.23. The van der Waals surface area contributed by atoms with Crippen molar-refractivity contribution in [2.45, 2.75) is 31.3 Å². The van der Waals surface area contributed by atoms with Crippen molar-refractivity contribution in [3.05, 3.63) is 23.8 Å². The fourth-order valence-corrected chi connectivity index (χ4v) is 3.84. The third-order valence-corrected chi connectivity index (χ3v) is 4.54. The Hall–Kier alpha value is -1.36. The number of benzene rings is 1. The Morgan fingerprint density at radius 2 is 2.05 bits per heavy atom. The Morgan fingerprint density at radius 3 is 2.65 bits per heavy atom. The number of hydrogen-bond acceptors (Lipinski definition) is 5. The quantitative estimate of drug-likeness (QED) is 0.686. The lowest BCUT2D eigenvalue weighted by Gasteiger charge is -2.36. The highest BCUT2D eigenvalue weighted by molar-refractivity contribution is 8.00. The first kappa shape index (κ1) is 15.0. The van der Waals surface area contributed by atoms with Crippen LogP contribution in [0, 0.1) is 0 Å². The largest absolute Gasteiger partial charge is 0.462 e. The second-order valence-corrected chi connectivity index (χ2v) is 7.04.